The van der Waals surface area contributed by atoms with E-state index >= 15 is 0 Å². The second kappa shape index (κ2) is 5.54. The summed E-state index contributed by atoms with van der Waals surface area (Å²) in [4.78, 5) is 28.0. The largest absolute Gasteiger partial charge is 0.274 e. The van der Waals surface area contributed by atoms with Crippen molar-refractivity contribution in [3.8, 4) is 0 Å². The molecule has 0 N–H and O–H groups in total. The maximum Gasteiger partial charge on any atom is 0.238 e. The van der Waals surface area contributed by atoms with Gasteiger partial charge >= 0.3 is 0 Å². The number of carbonyl (C=O) groups is 2. The van der Waals surface area contributed by atoms with Crippen LogP contribution < -0.4 is 4.90 Å². The van der Waals surface area contributed by atoms with Gasteiger partial charge in [-0.05, 0) is 61.6 Å². The molecule has 2 aliphatic carbocycles. The van der Waals surface area contributed by atoms with Crippen molar-refractivity contribution in [1.29, 1.82) is 0 Å². The van der Waals surface area contributed by atoms with Crippen molar-refractivity contribution in [1.82, 2.24) is 0 Å². The number of imide groups is 1. The van der Waals surface area contributed by atoms with Crippen LogP contribution in [0.3, 0.4) is 0 Å². The van der Waals surface area contributed by atoms with E-state index in [9.17, 15) is 9.59 Å². The van der Waals surface area contributed by atoms with E-state index in [-0.39, 0.29) is 23.7 Å². The molecule has 1 heterocycles. The van der Waals surface area contributed by atoms with Crippen LogP contribution >= 0.6 is 0 Å². The fourth-order valence-electron chi connectivity index (χ4n) is 5.84. The Balaban J connectivity index is 1.51. The summed E-state index contributed by atoms with van der Waals surface area (Å²) >= 11 is 0. The fraction of sp³-hybridized carbons (Fsp3) is 0.391. The Morgan fingerprint density at radius 2 is 1.62 bits per heavy atom. The average Bonchev–Trinajstić information content (AvgIpc) is 3.29. The molecule has 3 aliphatic rings. The lowest BCUT2D eigenvalue weighted by Gasteiger charge is -2.28. The van der Waals surface area contributed by atoms with Crippen molar-refractivity contribution >= 4 is 17.5 Å². The van der Waals surface area contributed by atoms with E-state index in [2.05, 4.69) is 24.3 Å². The lowest BCUT2D eigenvalue weighted by Crippen LogP contribution is -2.33. The number of nitrogens with zero attached hydrogens (tertiary/aromatic N) is 1. The molecule has 5 rings (SSSR count). The van der Waals surface area contributed by atoms with Crippen LogP contribution in [0.2, 0.25) is 0 Å². The van der Waals surface area contributed by atoms with Gasteiger partial charge in [-0.2, -0.15) is 0 Å². The summed E-state index contributed by atoms with van der Waals surface area (Å²) in [5, 5.41) is 0. The number of benzene rings is 2. The molecule has 2 aromatic rings. The number of fused-ring (bicyclic) bond motifs is 5. The smallest absolute Gasteiger partial charge is 0.238 e. The van der Waals surface area contributed by atoms with Gasteiger partial charge in [0.15, 0.2) is 0 Å². The first-order valence-electron chi connectivity index (χ1n) is 9.56. The summed E-state index contributed by atoms with van der Waals surface area (Å²) in [6, 6.07) is 16.5. The molecule has 132 valence electrons. The molecular weight excluding hydrogens is 322 g/mol. The number of amides is 2. The summed E-state index contributed by atoms with van der Waals surface area (Å²) in [7, 11) is 0. The Bertz CT molecular complexity index is 904. The first kappa shape index (κ1) is 15.8. The standard InChI is InChI=1S/C23H23NO2/c1-13-8-9-19(14(2)10-13)24-22(25)20-16-11-17(15-6-4-3-5-7-15)18(12-16)21(20)23(24)26/h3-10,16-18,20-21H,11-12H2,1-2H3/t16-,17-,18+,20+,21-/m0/s1. The maximum absolute atomic E-state index is 13.3. The molecule has 1 aliphatic heterocycles. The van der Waals surface area contributed by atoms with Crippen molar-refractivity contribution in [2.24, 2.45) is 23.7 Å². The Kier molecular flexibility index (Phi) is 3.37. The second-order valence-corrected chi connectivity index (χ2v) is 8.27. The molecule has 2 bridgehead atoms. The maximum atomic E-state index is 13.3. The van der Waals surface area contributed by atoms with Crippen LogP contribution in [-0.4, -0.2) is 11.8 Å². The third kappa shape index (κ3) is 2.06. The minimum absolute atomic E-state index is 0.0279. The quantitative estimate of drug-likeness (QED) is 0.764. The molecule has 1 saturated heterocycles. The van der Waals surface area contributed by atoms with E-state index < -0.39 is 0 Å². The zero-order valence-corrected chi connectivity index (χ0v) is 15.2. The van der Waals surface area contributed by atoms with Crippen LogP contribution in [0.15, 0.2) is 48.5 Å². The third-order valence-electron chi connectivity index (χ3n) is 6.84. The van der Waals surface area contributed by atoms with Crippen molar-refractivity contribution in [2.45, 2.75) is 32.6 Å². The Hall–Kier alpha value is -2.42. The lowest BCUT2D eigenvalue weighted by molar-refractivity contribution is -0.123. The number of carbonyl (C=O) groups excluding carboxylic acids is 2. The number of hydrogen-bond donors (Lipinski definition) is 0. The zero-order chi connectivity index (χ0) is 18.0. The highest BCUT2D eigenvalue weighted by atomic mass is 16.2. The first-order valence-corrected chi connectivity index (χ1v) is 9.56. The van der Waals surface area contributed by atoms with E-state index in [1.54, 1.807) is 0 Å². The summed E-state index contributed by atoms with van der Waals surface area (Å²) < 4.78 is 0. The van der Waals surface area contributed by atoms with Gasteiger partial charge in [-0.25, -0.2) is 4.90 Å². The molecular formula is C23H23NO2. The highest BCUT2D eigenvalue weighted by Crippen LogP contribution is 2.61. The van der Waals surface area contributed by atoms with Crippen LogP contribution in [0.1, 0.15) is 35.4 Å². The number of rotatable bonds is 2. The van der Waals surface area contributed by atoms with Crippen molar-refractivity contribution < 1.29 is 9.59 Å². The van der Waals surface area contributed by atoms with Crippen LogP contribution in [0, 0.1) is 37.5 Å². The normalized spacial score (nSPS) is 32.4. The molecule has 2 amide bonds. The van der Waals surface area contributed by atoms with Crippen molar-refractivity contribution in [3.63, 3.8) is 0 Å². The van der Waals surface area contributed by atoms with Gasteiger partial charge in [0.1, 0.15) is 0 Å². The van der Waals surface area contributed by atoms with E-state index in [1.165, 1.54) is 10.5 Å². The van der Waals surface area contributed by atoms with Crippen LogP contribution in [0.5, 0.6) is 0 Å². The van der Waals surface area contributed by atoms with Gasteiger partial charge < -0.3 is 0 Å². The van der Waals surface area contributed by atoms with Crippen LogP contribution in [-0.2, 0) is 9.59 Å². The average molecular weight is 345 g/mol. The minimum Gasteiger partial charge on any atom is -0.274 e. The van der Waals surface area contributed by atoms with Crippen molar-refractivity contribution in [3.05, 3.63) is 65.2 Å². The molecule has 0 radical (unpaired) electrons. The van der Waals surface area contributed by atoms with Gasteiger partial charge in [0.2, 0.25) is 11.8 Å². The SMILES string of the molecule is Cc1ccc(N2C(=O)[C@@H]3[C@@H]4C[C@@H]([C@@H]3C2=O)[C@H](c2ccccc2)C4)c(C)c1. The molecule has 3 nitrogen and oxygen atoms in total. The van der Waals surface area contributed by atoms with Crippen LogP contribution in [0.25, 0.3) is 0 Å². The predicted molar refractivity (Wildman–Crippen MR) is 101 cm³/mol. The lowest BCUT2D eigenvalue weighted by atomic mass is 9.73. The van der Waals surface area contributed by atoms with Gasteiger partial charge in [0, 0.05) is 0 Å². The van der Waals surface area contributed by atoms with Gasteiger partial charge in [-0.15, -0.1) is 0 Å². The summed E-state index contributed by atoms with van der Waals surface area (Å²) in [6.45, 7) is 4.02. The highest BCUT2D eigenvalue weighted by Gasteiger charge is 2.64. The Morgan fingerprint density at radius 1 is 0.885 bits per heavy atom. The molecule has 2 aromatic carbocycles. The molecule has 26 heavy (non-hydrogen) atoms. The zero-order valence-electron chi connectivity index (χ0n) is 15.2. The van der Waals surface area contributed by atoms with E-state index in [1.807, 2.05) is 38.1 Å². The molecule has 5 atom stereocenters. The van der Waals surface area contributed by atoms with E-state index in [4.69, 9.17) is 0 Å². The monoisotopic (exact) mass is 345 g/mol. The number of aryl methyl sites for hydroxylation is 2. The number of hydrogen-bond acceptors (Lipinski definition) is 2. The summed E-state index contributed by atoms with van der Waals surface area (Å²) in [5.41, 5.74) is 4.24. The third-order valence-corrected chi connectivity index (χ3v) is 6.84. The molecule has 0 aromatic heterocycles. The number of anilines is 1. The van der Waals surface area contributed by atoms with Gasteiger partial charge in [0.25, 0.3) is 0 Å². The highest BCUT2D eigenvalue weighted by molar-refractivity contribution is 6.23. The van der Waals surface area contributed by atoms with Crippen molar-refractivity contribution in [2.75, 3.05) is 4.90 Å². The molecule has 0 unspecified atom stereocenters. The molecule has 3 fully saturated rings. The summed E-state index contributed by atoms with van der Waals surface area (Å²) in [6.07, 6.45) is 2.06. The topological polar surface area (TPSA) is 37.4 Å². The fourth-order valence-corrected chi connectivity index (χ4v) is 5.84. The Labute approximate surface area is 154 Å². The predicted octanol–water partition coefficient (Wildman–Crippen LogP) is 4.23. The van der Waals surface area contributed by atoms with E-state index in [0.29, 0.717) is 17.8 Å². The first-order chi connectivity index (χ1) is 12.6. The second-order valence-electron chi connectivity index (χ2n) is 8.27. The summed E-state index contributed by atoms with van der Waals surface area (Å²) in [5.74, 6) is 0.895. The van der Waals surface area contributed by atoms with Gasteiger partial charge in [0.05, 0.1) is 17.5 Å². The molecule has 0 spiro atoms. The van der Waals surface area contributed by atoms with Crippen LogP contribution in [0.4, 0.5) is 5.69 Å². The molecule has 3 heteroatoms. The molecule has 2 saturated carbocycles. The van der Waals surface area contributed by atoms with E-state index in [0.717, 1.165) is 29.7 Å². The Morgan fingerprint density at radius 3 is 2.35 bits per heavy atom. The van der Waals surface area contributed by atoms with Gasteiger partial charge in [-0.3, -0.25) is 9.59 Å². The van der Waals surface area contributed by atoms with Gasteiger partial charge in [-0.1, -0.05) is 48.0 Å². The minimum atomic E-state index is -0.132.